The molecule has 160 valence electrons. The van der Waals surface area contributed by atoms with E-state index in [1.54, 1.807) is 11.9 Å². The van der Waals surface area contributed by atoms with Crippen molar-refractivity contribution in [3.8, 4) is 0 Å². The van der Waals surface area contributed by atoms with Gasteiger partial charge >= 0.3 is 5.97 Å². The normalized spacial score (nSPS) is 14.4. The smallest absolute Gasteiger partial charge is 0.341 e. The molecular weight excluding hydrogens is 386 g/mol. The molecule has 0 radical (unpaired) electrons. The highest BCUT2D eigenvalue weighted by Gasteiger charge is 2.24. The summed E-state index contributed by atoms with van der Waals surface area (Å²) in [6, 6.07) is 5.90. The first kappa shape index (κ1) is 21.5. The Balaban J connectivity index is 1.41. The van der Waals surface area contributed by atoms with Gasteiger partial charge < -0.3 is 15.0 Å². The molecule has 1 aliphatic heterocycles. The van der Waals surface area contributed by atoms with Gasteiger partial charge in [-0.1, -0.05) is 18.2 Å². The molecule has 1 N–H and O–H groups in total. The standard InChI is InChI=1S/C21H27N5O4/c1-15-5-4-6-16(2)20(15)23-18(27)13-25-7-9-26(10-8-25)19(28)14-30-21(29)17-11-22-24(3)12-17/h4-6,11-12H,7-10,13-14H2,1-3H3,(H,23,27). The molecule has 0 saturated carbocycles. The summed E-state index contributed by atoms with van der Waals surface area (Å²) >= 11 is 0. The van der Waals surface area contributed by atoms with Gasteiger partial charge in [0, 0.05) is 45.1 Å². The molecular formula is C21H27N5O4. The minimum atomic E-state index is -0.571. The minimum Gasteiger partial charge on any atom is -0.452 e. The van der Waals surface area contributed by atoms with Crippen LogP contribution < -0.4 is 5.32 Å². The van der Waals surface area contributed by atoms with Gasteiger partial charge in [0.05, 0.1) is 18.3 Å². The lowest BCUT2D eigenvalue weighted by molar-refractivity contribution is -0.136. The molecule has 2 aromatic rings. The van der Waals surface area contributed by atoms with Gasteiger partial charge in [0.1, 0.15) is 0 Å². The fourth-order valence-corrected chi connectivity index (χ4v) is 3.38. The lowest BCUT2D eigenvalue weighted by atomic mass is 10.1. The molecule has 30 heavy (non-hydrogen) atoms. The van der Waals surface area contributed by atoms with Gasteiger partial charge in [0.15, 0.2) is 6.61 Å². The summed E-state index contributed by atoms with van der Waals surface area (Å²) in [7, 11) is 1.70. The third-order valence-electron chi connectivity index (χ3n) is 5.11. The van der Waals surface area contributed by atoms with Crippen LogP contribution in [0.4, 0.5) is 5.69 Å². The van der Waals surface area contributed by atoms with Crippen LogP contribution in [0.1, 0.15) is 21.5 Å². The van der Waals surface area contributed by atoms with Crippen molar-refractivity contribution in [3.05, 3.63) is 47.3 Å². The first-order chi connectivity index (χ1) is 14.3. The van der Waals surface area contributed by atoms with E-state index in [1.807, 2.05) is 36.9 Å². The number of aryl methyl sites for hydroxylation is 3. The Labute approximate surface area is 175 Å². The summed E-state index contributed by atoms with van der Waals surface area (Å²) in [6.07, 6.45) is 2.93. The van der Waals surface area contributed by atoms with Crippen molar-refractivity contribution in [3.63, 3.8) is 0 Å². The fourth-order valence-electron chi connectivity index (χ4n) is 3.38. The number of hydrogen-bond donors (Lipinski definition) is 1. The van der Waals surface area contributed by atoms with Crippen molar-refractivity contribution >= 4 is 23.5 Å². The number of ether oxygens (including phenoxy) is 1. The number of para-hydroxylation sites is 1. The first-order valence-corrected chi connectivity index (χ1v) is 9.85. The summed E-state index contributed by atoms with van der Waals surface area (Å²) < 4.78 is 6.57. The molecule has 0 atom stereocenters. The molecule has 1 aromatic carbocycles. The van der Waals surface area contributed by atoms with Crippen molar-refractivity contribution in [1.29, 1.82) is 0 Å². The monoisotopic (exact) mass is 413 g/mol. The average Bonchev–Trinajstić information content (AvgIpc) is 3.16. The Kier molecular flexibility index (Phi) is 6.83. The average molecular weight is 413 g/mol. The molecule has 0 aliphatic carbocycles. The van der Waals surface area contributed by atoms with Crippen LogP contribution in [0.2, 0.25) is 0 Å². The fraction of sp³-hybridized carbons (Fsp3) is 0.429. The van der Waals surface area contributed by atoms with Crippen LogP contribution >= 0.6 is 0 Å². The van der Waals surface area contributed by atoms with E-state index < -0.39 is 5.97 Å². The molecule has 2 heterocycles. The van der Waals surface area contributed by atoms with E-state index in [2.05, 4.69) is 10.4 Å². The zero-order valence-electron chi connectivity index (χ0n) is 17.6. The van der Waals surface area contributed by atoms with Crippen LogP contribution in [0.15, 0.2) is 30.6 Å². The molecule has 2 amide bonds. The van der Waals surface area contributed by atoms with Gasteiger partial charge in [-0.3, -0.25) is 19.2 Å². The molecule has 1 saturated heterocycles. The summed E-state index contributed by atoms with van der Waals surface area (Å²) in [5.74, 6) is -0.886. The second kappa shape index (κ2) is 9.53. The van der Waals surface area contributed by atoms with E-state index in [1.165, 1.54) is 17.1 Å². The maximum atomic E-state index is 12.4. The number of esters is 1. The van der Waals surface area contributed by atoms with Crippen LogP contribution in [0.25, 0.3) is 0 Å². The molecule has 9 heteroatoms. The maximum absolute atomic E-state index is 12.4. The Morgan fingerprint density at radius 1 is 1.10 bits per heavy atom. The summed E-state index contributed by atoms with van der Waals surface area (Å²) in [6.45, 7) is 6.04. The van der Waals surface area contributed by atoms with Crippen molar-refractivity contribution < 1.29 is 19.1 Å². The summed E-state index contributed by atoms with van der Waals surface area (Å²) in [5, 5.41) is 6.89. The zero-order chi connectivity index (χ0) is 21.7. The van der Waals surface area contributed by atoms with Crippen LogP contribution in [0.3, 0.4) is 0 Å². The molecule has 0 bridgehead atoms. The van der Waals surface area contributed by atoms with E-state index >= 15 is 0 Å². The van der Waals surface area contributed by atoms with E-state index in [9.17, 15) is 14.4 Å². The molecule has 9 nitrogen and oxygen atoms in total. The highest BCUT2D eigenvalue weighted by molar-refractivity contribution is 5.94. The number of nitrogens with zero attached hydrogens (tertiary/aromatic N) is 4. The Morgan fingerprint density at radius 3 is 2.37 bits per heavy atom. The number of hydrogen-bond acceptors (Lipinski definition) is 6. The number of anilines is 1. The predicted octanol–water partition coefficient (Wildman–Crippen LogP) is 0.977. The van der Waals surface area contributed by atoms with Crippen molar-refractivity contribution in [2.45, 2.75) is 13.8 Å². The van der Waals surface area contributed by atoms with Gasteiger partial charge in [-0.05, 0) is 25.0 Å². The van der Waals surface area contributed by atoms with E-state index in [0.29, 0.717) is 31.7 Å². The van der Waals surface area contributed by atoms with Crippen LogP contribution in [0, 0.1) is 13.8 Å². The topological polar surface area (TPSA) is 96.8 Å². The quantitative estimate of drug-likeness (QED) is 0.709. The summed E-state index contributed by atoms with van der Waals surface area (Å²) in [4.78, 5) is 40.3. The lowest BCUT2D eigenvalue weighted by Gasteiger charge is -2.34. The zero-order valence-corrected chi connectivity index (χ0v) is 17.6. The molecule has 3 rings (SSSR count). The van der Waals surface area contributed by atoms with Gasteiger partial charge in [0.25, 0.3) is 5.91 Å². The maximum Gasteiger partial charge on any atom is 0.341 e. The molecule has 1 fully saturated rings. The third-order valence-corrected chi connectivity index (χ3v) is 5.11. The Morgan fingerprint density at radius 2 is 1.77 bits per heavy atom. The number of piperazine rings is 1. The molecule has 0 unspecified atom stereocenters. The highest BCUT2D eigenvalue weighted by atomic mass is 16.5. The van der Waals surface area contributed by atoms with E-state index in [4.69, 9.17) is 4.74 Å². The highest BCUT2D eigenvalue weighted by Crippen LogP contribution is 2.19. The molecule has 1 aromatic heterocycles. The largest absolute Gasteiger partial charge is 0.452 e. The van der Waals surface area contributed by atoms with Crippen molar-refractivity contribution in [2.75, 3.05) is 44.6 Å². The first-order valence-electron chi connectivity index (χ1n) is 9.85. The number of carbonyl (C=O) groups is 3. The summed E-state index contributed by atoms with van der Waals surface area (Å²) in [5.41, 5.74) is 3.22. The van der Waals surface area contributed by atoms with Crippen molar-refractivity contribution in [2.24, 2.45) is 7.05 Å². The van der Waals surface area contributed by atoms with Crippen LogP contribution in [-0.4, -0.2) is 76.7 Å². The minimum absolute atomic E-state index is 0.0717. The number of aromatic nitrogens is 2. The molecule has 1 aliphatic rings. The van der Waals surface area contributed by atoms with Gasteiger partial charge in [-0.15, -0.1) is 0 Å². The van der Waals surface area contributed by atoms with Gasteiger partial charge in [-0.2, -0.15) is 5.10 Å². The van der Waals surface area contributed by atoms with E-state index in [-0.39, 0.29) is 25.0 Å². The number of carbonyl (C=O) groups excluding carboxylic acids is 3. The number of benzene rings is 1. The van der Waals surface area contributed by atoms with Crippen LogP contribution in [-0.2, 0) is 21.4 Å². The van der Waals surface area contributed by atoms with E-state index in [0.717, 1.165) is 16.8 Å². The second-order valence-electron chi connectivity index (χ2n) is 7.45. The SMILES string of the molecule is Cc1cccc(C)c1NC(=O)CN1CCN(C(=O)COC(=O)c2cnn(C)c2)CC1. The Hall–Kier alpha value is -3.20. The number of amides is 2. The second-order valence-corrected chi connectivity index (χ2v) is 7.45. The lowest BCUT2D eigenvalue weighted by Crippen LogP contribution is -2.51. The van der Waals surface area contributed by atoms with Crippen LogP contribution in [0.5, 0.6) is 0 Å². The molecule has 0 spiro atoms. The number of nitrogens with one attached hydrogen (secondary N) is 1. The van der Waals surface area contributed by atoms with Gasteiger partial charge in [0.2, 0.25) is 5.91 Å². The predicted molar refractivity (Wildman–Crippen MR) is 111 cm³/mol. The van der Waals surface area contributed by atoms with Crippen molar-refractivity contribution in [1.82, 2.24) is 19.6 Å². The van der Waals surface area contributed by atoms with Gasteiger partial charge in [-0.25, -0.2) is 4.79 Å². The Bertz CT molecular complexity index is 911. The number of rotatable bonds is 6. The third kappa shape index (κ3) is 5.44.